The summed E-state index contributed by atoms with van der Waals surface area (Å²) in [7, 11) is 3.08. The fourth-order valence-corrected chi connectivity index (χ4v) is 2.26. The Labute approximate surface area is 210 Å². The minimum absolute atomic E-state index is 0. The monoisotopic (exact) mass is 428 g/mol. The molecule has 0 spiro atoms. The van der Waals surface area contributed by atoms with Crippen molar-refractivity contribution in [3.05, 3.63) is 42.8 Å². The largest absolute Gasteiger partial charge is 1.00 e. The molecule has 156 valence electrons. The second kappa shape index (κ2) is 16.4. The van der Waals surface area contributed by atoms with Gasteiger partial charge in [-0.05, 0) is 30.7 Å². The van der Waals surface area contributed by atoms with Gasteiger partial charge in [-0.15, -0.1) is 13.2 Å². The van der Waals surface area contributed by atoms with Gasteiger partial charge in [-0.25, -0.2) is 0 Å². The van der Waals surface area contributed by atoms with Gasteiger partial charge >= 0.3 is 57.7 Å². The zero-order valence-corrected chi connectivity index (χ0v) is 21.5. The molecule has 0 aromatic heterocycles. The van der Waals surface area contributed by atoms with Crippen LogP contribution in [0.25, 0.3) is 5.57 Å². The first-order valence-corrected chi connectivity index (χ1v) is 8.79. The van der Waals surface area contributed by atoms with Crippen LogP contribution in [0.5, 0.6) is 5.75 Å². The summed E-state index contributed by atoms with van der Waals surface area (Å²) in [5.41, 5.74) is 1.30. The third-order valence-corrected chi connectivity index (χ3v) is 3.27. The number of ether oxygens (including phenoxy) is 1. The molecule has 1 aromatic carbocycles. The summed E-state index contributed by atoms with van der Waals surface area (Å²) in [6, 6.07) is 4.17. The van der Waals surface area contributed by atoms with Crippen molar-refractivity contribution in [1.29, 1.82) is 0 Å². The van der Waals surface area contributed by atoms with Gasteiger partial charge < -0.3 is 22.4 Å². The molecule has 1 aromatic rings. The van der Waals surface area contributed by atoms with Crippen molar-refractivity contribution in [3.8, 4) is 5.75 Å². The van der Waals surface area contributed by atoms with E-state index < -0.39 is 6.36 Å². The number of hydrogen-bond acceptors (Lipinski definition) is 3. The van der Waals surface area contributed by atoms with Gasteiger partial charge in [-0.1, -0.05) is 39.8 Å². The summed E-state index contributed by atoms with van der Waals surface area (Å²) in [5.74, 6) is -0.716. The van der Waals surface area contributed by atoms with Crippen molar-refractivity contribution in [2.45, 2.75) is 40.5 Å². The summed E-state index contributed by atoms with van der Waals surface area (Å²) >= 11 is 0. The third-order valence-electron chi connectivity index (χ3n) is 3.27. The van der Waals surface area contributed by atoms with E-state index in [1.165, 1.54) is 31.1 Å². The predicted octanol–water partition coefficient (Wildman–Crippen LogP) is 2.17. The minimum atomic E-state index is -4.80. The number of carbonyl (C=O) groups is 1. The number of rotatable bonds is 3. The van der Waals surface area contributed by atoms with Gasteiger partial charge in [0.25, 0.3) is 5.91 Å². The third kappa shape index (κ3) is 11.0. The van der Waals surface area contributed by atoms with Crippen molar-refractivity contribution < 1.29 is 74.1 Å². The average Bonchev–Trinajstić information content (AvgIpc) is 2.63. The molecule has 0 radical (unpaired) electrons. The summed E-state index contributed by atoms with van der Waals surface area (Å²) in [6.45, 7) is 9.29. The quantitative estimate of drug-likeness (QED) is 0.593. The van der Waals surface area contributed by atoms with Crippen LogP contribution < -0.4 is 61.4 Å². The van der Waals surface area contributed by atoms with Gasteiger partial charge in [0.1, 0.15) is 5.75 Å². The number of nitrogens with zero attached hydrogens (tertiary/aromatic N) is 1. The summed E-state index contributed by atoms with van der Waals surface area (Å²) in [5, 5.41) is 3.10. The van der Waals surface area contributed by atoms with Crippen LogP contribution in [-0.2, 0) is 0 Å². The molecule has 1 amide bonds. The van der Waals surface area contributed by atoms with Crippen LogP contribution in [0.1, 0.15) is 50.0 Å². The number of amides is 1. The van der Waals surface area contributed by atoms with Crippen molar-refractivity contribution in [3.63, 3.8) is 0 Å². The molecule has 0 atom stereocenters. The molecule has 1 aliphatic rings. The first kappa shape index (κ1) is 32.3. The molecule has 0 unspecified atom stereocenters. The van der Waals surface area contributed by atoms with Crippen LogP contribution in [0.15, 0.2) is 24.3 Å². The fourth-order valence-electron chi connectivity index (χ4n) is 2.26. The average molecular weight is 429 g/mol. The summed E-state index contributed by atoms with van der Waals surface area (Å²) in [4.78, 5) is 13.2. The summed E-state index contributed by atoms with van der Waals surface area (Å²) in [6.07, 6.45) is -2.37. The molecular formula is C20H32F3KN2O2. The first-order chi connectivity index (χ1) is 12.3. The maximum atomic E-state index is 12.6. The van der Waals surface area contributed by atoms with E-state index in [0.717, 1.165) is 11.6 Å². The molecule has 0 saturated heterocycles. The number of nitrogens with one attached hydrogen (secondary N) is 1. The molecule has 0 saturated carbocycles. The molecule has 1 aliphatic heterocycles. The van der Waals surface area contributed by atoms with E-state index in [4.69, 9.17) is 0 Å². The first-order valence-electron chi connectivity index (χ1n) is 8.79. The van der Waals surface area contributed by atoms with E-state index >= 15 is 0 Å². The zero-order valence-electron chi connectivity index (χ0n) is 18.3. The minimum Gasteiger partial charge on any atom is -0.405 e. The van der Waals surface area contributed by atoms with Gasteiger partial charge in [0.2, 0.25) is 0 Å². The number of alkyl halides is 3. The van der Waals surface area contributed by atoms with Gasteiger partial charge in [0.15, 0.2) is 0 Å². The van der Waals surface area contributed by atoms with E-state index in [9.17, 15) is 18.0 Å². The van der Waals surface area contributed by atoms with Crippen LogP contribution in [0.4, 0.5) is 13.2 Å². The Bertz CT molecular complexity index is 604. The molecule has 0 bridgehead atoms. The van der Waals surface area contributed by atoms with Gasteiger partial charge in [-0.2, -0.15) is 0 Å². The number of halogens is 3. The van der Waals surface area contributed by atoms with E-state index in [2.05, 4.69) is 10.1 Å². The van der Waals surface area contributed by atoms with Crippen LogP contribution in [-0.4, -0.2) is 44.4 Å². The van der Waals surface area contributed by atoms with E-state index in [-0.39, 0.29) is 76.0 Å². The van der Waals surface area contributed by atoms with E-state index in [1.54, 1.807) is 0 Å². The van der Waals surface area contributed by atoms with E-state index in [1.807, 2.05) is 33.8 Å². The Balaban J connectivity index is -0.000000978. The maximum absolute atomic E-state index is 12.6. The predicted molar refractivity (Wildman–Crippen MR) is 106 cm³/mol. The van der Waals surface area contributed by atoms with Crippen LogP contribution in [0.2, 0.25) is 0 Å². The zero-order chi connectivity index (χ0) is 20.3. The second-order valence-corrected chi connectivity index (χ2v) is 5.14. The Morgan fingerprint density at radius 2 is 1.71 bits per heavy atom. The van der Waals surface area contributed by atoms with Crippen LogP contribution >= 0.6 is 0 Å². The molecular weight excluding hydrogens is 396 g/mol. The molecule has 0 fully saturated rings. The van der Waals surface area contributed by atoms with E-state index in [0.29, 0.717) is 25.1 Å². The van der Waals surface area contributed by atoms with Crippen molar-refractivity contribution >= 4 is 11.5 Å². The smallest absolute Gasteiger partial charge is 0.405 e. The Morgan fingerprint density at radius 3 is 2.14 bits per heavy atom. The number of benzene rings is 1. The van der Waals surface area contributed by atoms with Gasteiger partial charge in [0, 0.05) is 31.8 Å². The standard InChI is InChI=1S/C15H17F3N2O2.2C2H6.CH3.K/c1-20(2)14(21)11-3-4-12(10-5-7-19-8-6-10)13(9-11)22-15(16,17)18;2*1-2;;/h3-5,9,19H,6-8H2,1-2H3;2*1-2H3;1H3;/q;;;-1;+1. The Hall–Kier alpha value is -0.384. The van der Waals surface area contributed by atoms with Crippen LogP contribution in [0, 0.1) is 7.43 Å². The van der Waals surface area contributed by atoms with Gasteiger partial charge in [-0.3, -0.25) is 4.79 Å². The molecule has 1 N–H and O–H groups in total. The molecule has 2 rings (SSSR count). The normalized spacial score (nSPS) is 12.4. The number of carbonyl (C=O) groups excluding carboxylic acids is 1. The second-order valence-electron chi connectivity index (χ2n) is 5.14. The SMILES string of the molecule is CC.CC.CN(C)C(=O)c1ccc(C2=CCNCC2)c(OC(F)(F)F)c1.[CH3-].[K+]. The topological polar surface area (TPSA) is 41.6 Å². The van der Waals surface area contributed by atoms with Crippen molar-refractivity contribution in [2.24, 2.45) is 0 Å². The molecule has 4 nitrogen and oxygen atoms in total. The maximum Gasteiger partial charge on any atom is 1.00 e. The number of hydrogen-bond donors (Lipinski definition) is 1. The Kier molecular flexibility index (Phi) is 18.9. The molecule has 8 heteroatoms. The molecule has 1 heterocycles. The van der Waals surface area contributed by atoms with Crippen LogP contribution in [0.3, 0.4) is 0 Å². The molecule has 0 aliphatic carbocycles. The van der Waals surface area contributed by atoms with Crippen molar-refractivity contribution in [2.75, 3.05) is 27.2 Å². The van der Waals surface area contributed by atoms with Crippen molar-refractivity contribution in [1.82, 2.24) is 10.2 Å². The fraction of sp³-hybridized carbons (Fsp3) is 0.500. The van der Waals surface area contributed by atoms with Gasteiger partial charge in [0.05, 0.1) is 0 Å². The Morgan fingerprint density at radius 1 is 1.14 bits per heavy atom. The summed E-state index contributed by atoms with van der Waals surface area (Å²) < 4.78 is 42.0. The molecule has 28 heavy (non-hydrogen) atoms.